The molecule has 3 atom stereocenters. The van der Waals surface area contributed by atoms with Gasteiger partial charge in [-0.1, -0.05) is 60.7 Å². The lowest BCUT2D eigenvalue weighted by Crippen LogP contribution is -2.52. The van der Waals surface area contributed by atoms with Gasteiger partial charge in [0.1, 0.15) is 6.61 Å². The average molecular weight is 424 g/mol. The van der Waals surface area contributed by atoms with E-state index < -0.39 is 24.0 Å². The number of hydrogen-bond donors (Lipinski definition) is 2. The van der Waals surface area contributed by atoms with Gasteiger partial charge >= 0.3 is 5.97 Å². The normalized spacial score (nSPS) is 17.8. The first-order chi connectivity index (χ1) is 15.0. The first-order valence-electron chi connectivity index (χ1n) is 10.5. The van der Waals surface area contributed by atoms with Crippen molar-refractivity contribution in [2.24, 2.45) is 5.92 Å². The third-order valence-electron chi connectivity index (χ3n) is 5.22. The van der Waals surface area contributed by atoms with Crippen LogP contribution in [0.5, 0.6) is 0 Å². The fourth-order valence-corrected chi connectivity index (χ4v) is 3.36. The molecule has 31 heavy (non-hydrogen) atoms. The van der Waals surface area contributed by atoms with Crippen LogP contribution < -0.4 is 10.6 Å². The van der Waals surface area contributed by atoms with E-state index in [1.807, 2.05) is 60.7 Å². The van der Waals surface area contributed by atoms with Crippen LogP contribution in [0.2, 0.25) is 0 Å². The maximum atomic E-state index is 12.9. The van der Waals surface area contributed by atoms with E-state index in [1.165, 1.54) is 0 Å². The van der Waals surface area contributed by atoms with Crippen LogP contribution >= 0.6 is 0 Å². The number of benzene rings is 2. The highest BCUT2D eigenvalue weighted by atomic mass is 16.5. The van der Waals surface area contributed by atoms with Crippen molar-refractivity contribution in [1.82, 2.24) is 10.6 Å². The highest BCUT2D eigenvalue weighted by molar-refractivity contribution is 5.90. The molecule has 1 aliphatic rings. The van der Waals surface area contributed by atoms with Gasteiger partial charge in [-0.15, -0.1) is 0 Å². The summed E-state index contributed by atoms with van der Waals surface area (Å²) in [5.74, 6) is -1.55. The predicted molar refractivity (Wildman–Crippen MR) is 115 cm³/mol. The summed E-state index contributed by atoms with van der Waals surface area (Å²) in [7, 11) is 0. The maximum absolute atomic E-state index is 12.9. The van der Waals surface area contributed by atoms with Gasteiger partial charge in [-0.25, -0.2) is 4.79 Å². The Morgan fingerprint density at radius 2 is 1.65 bits per heavy atom. The molecular weight excluding hydrogens is 396 g/mol. The number of carbonyl (C=O) groups excluding carboxylic acids is 3. The smallest absolute Gasteiger partial charge is 0.331 e. The van der Waals surface area contributed by atoms with Crippen LogP contribution in [-0.2, 0) is 37.1 Å². The van der Waals surface area contributed by atoms with Gasteiger partial charge in [0, 0.05) is 18.9 Å². The molecule has 1 aliphatic heterocycles. The molecule has 2 aromatic carbocycles. The number of piperidine rings is 1. The minimum absolute atomic E-state index is 0.100. The van der Waals surface area contributed by atoms with Crippen molar-refractivity contribution in [2.75, 3.05) is 6.54 Å². The van der Waals surface area contributed by atoms with E-state index in [2.05, 4.69) is 10.6 Å². The maximum Gasteiger partial charge on any atom is 0.331 e. The standard InChI is InChI=1S/C24H28N2O5/c1-17(30-15-18-8-4-2-5-9-18)22(24(29)31-16-19-10-6-3-7-11-19)26-23(28)20-12-13-25-21(27)14-20/h2-11,17,20,22H,12-16H2,1H3,(H,25,27)(H,26,28)/t17-,20?,22+/m1/s1. The van der Waals surface area contributed by atoms with E-state index in [4.69, 9.17) is 9.47 Å². The van der Waals surface area contributed by atoms with Gasteiger partial charge in [-0.05, 0) is 24.5 Å². The van der Waals surface area contributed by atoms with Gasteiger partial charge in [-0.3, -0.25) is 9.59 Å². The van der Waals surface area contributed by atoms with Crippen LogP contribution in [0.25, 0.3) is 0 Å². The SMILES string of the molecule is C[C@@H](OCc1ccccc1)[C@H](NC(=O)C1CCNC(=O)C1)C(=O)OCc1ccccc1. The van der Waals surface area contributed by atoms with Gasteiger partial charge in [0.25, 0.3) is 0 Å². The summed E-state index contributed by atoms with van der Waals surface area (Å²) in [4.78, 5) is 37.3. The minimum Gasteiger partial charge on any atom is -0.459 e. The molecule has 1 fully saturated rings. The van der Waals surface area contributed by atoms with Gasteiger partial charge < -0.3 is 20.1 Å². The molecule has 3 rings (SSSR count). The van der Waals surface area contributed by atoms with Crippen molar-refractivity contribution < 1.29 is 23.9 Å². The highest BCUT2D eigenvalue weighted by Crippen LogP contribution is 2.15. The monoisotopic (exact) mass is 424 g/mol. The molecule has 7 heteroatoms. The van der Waals surface area contributed by atoms with Gasteiger partial charge in [0.2, 0.25) is 11.8 Å². The molecule has 1 unspecified atom stereocenters. The van der Waals surface area contributed by atoms with Gasteiger partial charge in [0.05, 0.1) is 12.7 Å². The summed E-state index contributed by atoms with van der Waals surface area (Å²) in [6, 6.07) is 17.9. The van der Waals surface area contributed by atoms with Crippen molar-refractivity contribution in [3.8, 4) is 0 Å². The molecule has 0 radical (unpaired) electrons. The van der Waals surface area contributed by atoms with Crippen molar-refractivity contribution in [1.29, 1.82) is 0 Å². The van der Waals surface area contributed by atoms with Crippen LogP contribution in [0.1, 0.15) is 30.9 Å². The number of carbonyl (C=O) groups is 3. The Morgan fingerprint density at radius 3 is 2.26 bits per heavy atom. The molecule has 164 valence electrons. The second-order valence-corrected chi connectivity index (χ2v) is 7.62. The van der Waals surface area contributed by atoms with E-state index in [1.54, 1.807) is 6.92 Å². The Morgan fingerprint density at radius 1 is 1.03 bits per heavy atom. The molecule has 2 aromatic rings. The Hall–Kier alpha value is -3.19. The lowest BCUT2D eigenvalue weighted by atomic mass is 9.96. The third kappa shape index (κ3) is 6.93. The van der Waals surface area contributed by atoms with Crippen molar-refractivity contribution in [3.63, 3.8) is 0 Å². The number of rotatable bonds is 9. The summed E-state index contributed by atoms with van der Waals surface area (Å²) >= 11 is 0. The first kappa shape index (κ1) is 22.5. The number of nitrogens with one attached hydrogen (secondary N) is 2. The van der Waals surface area contributed by atoms with Gasteiger partial charge in [-0.2, -0.15) is 0 Å². The molecule has 7 nitrogen and oxygen atoms in total. The van der Waals surface area contributed by atoms with E-state index >= 15 is 0 Å². The Balaban J connectivity index is 1.64. The quantitative estimate of drug-likeness (QED) is 0.603. The fraction of sp³-hybridized carbons (Fsp3) is 0.375. The summed E-state index contributed by atoms with van der Waals surface area (Å²) < 4.78 is 11.3. The molecular formula is C24H28N2O5. The largest absolute Gasteiger partial charge is 0.459 e. The number of ether oxygens (including phenoxy) is 2. The summed E-state index contributed by atoms with van der Waals surface area (Å²) in [5.41, 5.74) is 1.81. The van der Waals surface area contributed by atoms with E-state index in [9.17, 15) is 14.4 Å². The van der Waals surface area contributed by atoms with Crippen LogP contribution in [0, 0.1) is 5.92 Å². The molecule has 2 N–H and O–H groups in total. The number of esters is 1. The summed E-state index contributed by atoms with van der Waals surface area (Å²) in [6.45, 7) is 2.57. The zero-order chi connectivity index (χ0) is 22.1. The van der Waals surface area contributed by atoms with Crippen LogP contribution in [0.15, 0.2) is 60.7 Å². The second-order valence-electron chi connectivity index (χ2n) is 7.62. The van der Waals surface area contributed by atoms with Crippen molar-refractivity contribution in [3.05, 3.63) is 71.8 Å². The van der Waals surface area contributed by atoms with Crippen molar-refractivity contribution >= 4 is 17.8 Å². The minimum atomic E-state index is -0.982. The van der Waals surface area contributed by atoms with Crippen LogP contribution in [-0.4, -0.2) is 36.5 Å². The van der Waals surface area contributed by atoms with Crippen LogP contribution in [0.3, 0.4) is 0 Å². The topological polar surface area (TPSA) is 93.7 Å². The molecule has 2 amide bonds. The molecule has 0 aliphatic carbocycles. The van der Waals surface area contributed by atoms with E-state index in [0.717, 1.165) is 11.1 Å². The molecule has 0 bridgehead atoms. The second kappa shape index (κ2) is 11.3. The number of amides is 2. The molecule has 1 saturated heterocycles. The van der Waals surface area contributed by atoms with E-state index in [0.29, 0.717) is 19.6 Å². The predicted octanol–water partition coefficient (Wildman–Crippen LogP) is 2.35. The Labute approximate surface area is 182 Å². The molecule has 0 aromatic heterocycles. The zero-order valence-electron chi connectivity index (χ0n) is 17.6. The first-order valence-corrected chi connectivity index (χ1v) is 10.5. The highest BCUT2D eigenvalue weighted by Gasteiger charge is 2.33. The molecule has 0 saturated carbocycles. The summed E-state index contributed by atoms with van der Waals surface area (Å²) in [5, 5.41) is 5.47. The average Bonchev–Trinajstić information content (AvgIpc) is 2.80. The molecule has 0 spiro atoms. The number of hydrogen-bond acceptors (Lipinski definition) is 5. The Bertz CT molecular complexity index is 872. The third-order valence-corrected chi connectivity index (χ3v) is 5.22. The lowest BCUT2D eigenvalue weighted by molar-refractivity contribution is -0.154. The molecule has 1 heterocycles. The van der Waals surface area contributed by atoms with Gasteiger partial charge in [0.15, 0.2) is 6.04 Å². The van der Waals surface area contributed by atoms with Crippen molar-refractivity contribution in [2.45, 2.75) is 45.1 Å². The lowest BCUT2D eigenvalue weighted by Gasteiger charge is -2.27. The summed E-state index contributed by atoms with van der Waals surface area (Å²) in [6.07, 6.45) is 0.0179. The zero-order valence-corrected chi connectivity index (χ0v) is 17.6. The van der Waals surface area contributed by atoms with Crippen LogP contribution in [0.4, 0.5) is 0 Å². The fourth-order valence-electron chi connectivity index (χ4n) is 3.36. The Kier molecular flexibility index (Phi) is 8.18. The van der Waals surface area contributed by atoms with E-state index in [-0.39, 0.29) is 24.8 Å².